The number of halogens is 5. The summed E-state index contributed by atoms with van der Waals surface area (Å²) in [6.07, 6.45) is -1.73. The van der Waals surface area contributed by atoms with Crippen LogP contribution in [0.3, 0.4) is 0 Å². The maximum Gasteiger partial charge on any atom is 0.420 e. The average molecular weight is 356 g/mol. The molecule has 0 amide bonds. The lowest BCUT2D eigenvalue weighted by molar-refractivity contribution is -0.140. The van der Waals surface area contributed by atoms with Crippen molar-refractivity contribution < 1.29 is 17.6 Å². The standard InChI is InChI=1S/C10H6BrF4N3S/c1-19-9(17-4-16)18-6-3-2-5(11)7(8(6)12)10(13,14)15/h2-3H,1H3,(H,17,18). The van der Waals surface area contributed by atoms with Gasteiger partial charge in [-0.05, 0) is 18.4 Å². The summed E-state index contributed by atoms with van der Waals surface area (Å²) in [5.74, 6) is -1.49. The smallest absolute Gasteiger partial charge is 0.271 e. The van der Waals surface area contributed by atoms with Crippen molar-refractivity contribution in [3.63, 3.8) is 0 Å². The van der Waals surface area contributed by atoms with Gasteiger partial charge >= 0.3 is 6.18 Å². The molecule has 0 aliphatic rings. The second-order valence-corrected chi connectivity index (χ2v) is 4.76. The minimum Gasteiger partial charge on any atom is -0.271 e. The fourth-order valence-electron chi connectivity index (χ4n) is 1.17. The zero-order valence-corrected chi connectivity index (χ0v) is 11.7. The van der Waals surface area contributed by atoms with Gasteiger partial charge in [0.1, 0.15) is 11.3 Å². The number of amidine groups is 1. The molecule has 1 N–H and O–H groups in total. The zero-order valence-electron chi connectivity index (χ0n) is 9.35. The van der Waals surface area contributed by atoms with Crippen molar-refractivity contribution in [1.29, 1.82) is 5.26 Å². The van der Waals surface area contributed by atoms with Crippen molar-refractivity contribution in [3.8, 4) is 6.19 Å². The highest BCUT2D eigenvalue weighted by atomic mass is 79.9. The van der Waals surface area contributed by atoms with Crippen LogP contribution in [-0.4, -0.2) is 11.4 Å². The Bertz CT molecular complexity index is 551. The van der Waals surface area contributed by atoms with E-state index in [1.807, 2.05) is 0 Å². The molecule has 0 heterocycles. The fraction of sp³-hybridized carbons (Fsp3) is 0.200. The van der Waals surface area contributed by atoms with Gasteiger partial charge in [0.05, 0.1) is 0 Å². The van der Waals surface area contributed by atoms with Crippen LogP contribution in [0.15, 0.2) is 21.6 Å². The Labute approximate surface area is 118 Å². The summed E-state index contributed by atoms with van der Waals surface area (Å²) in [6, 6.07) is 2.14. The van der Waals surface area contributed by atoms with E-state index in [9.17, 15) is 17.6 Å². The molecule has 0 radical (unpaired) electrons. The number of rotatable bonds is 1. The molecule has 0 aliphatic heterocycles. The predicted molar refractivity (Wildman–Crippen MR) is 68.5 cm³/mol. The van der Waals surface area contributed by atoms with Gasteiger partial charge in [-0.25, -0.2) is 9.38 Å². The molecule has 19 heavy (non-hydrogen) atoms. The second-order valence-electron chi connectivity index (χ2n) is 3.11. The minimum absolute atomic E-state index is 0.00292. The predicted octanol–water partition coefficient (Wildman–Crippen LogP) is 4.03. The molecule has 0 bridgehead atoms. The molecule has 0 fully saturated rings. The molecule has 0 unspecified atom stereocenters. The van der Waals surface area contributed by atoms with Gasteiger partial charge in [-0.2, -0.15) is 18.4 Å². The summed E-state index contributed by atoms with van der Waals surface area (Å²) < 4.78 is 51.4. The lowest BCUT2D eigenvalue weighted by atomic mass is 10.2. The topological polar surface area (TPSA) is 48.2 Å². The van der Waals surface area contributed by atoms with Crippen LogP contribution in [-0.2, 0) is 6.18 Å². The van der Waals surface area contributed by atoms with Gasteiger partial charge in [-0.1, -0.05) is 27.7 Å². The van der Waals surface area contributed by atoms with Gasteiger partial charge in [-0.15, -0.1) is 0 Å². The number of thioether (sulfide) groups is 1. The van der Waals surface area contributed by atoms with Gasteiger partial charge in [0.2, 0.25) is 0 Å². The van der Waals surface area contributed by atoms with E-state index >= 15 is 0 Å². The Morgan fingerprint density at radius 2 is 2.11 bits per heavy atom. The molecule has 1 aromatic rings. The first-order chi connectivity index (χ1) is 8.81. The molecule has 3 nitrogen and oxygen atoms in total. The summed E-state index contributed by atoms with van der Waals surface area (Å²) >= 11 is 3.62. The first kappa shape index (κ1) is 15.8. The highest BCUT2D eigenvalue weighted by Gasteiger charge is 2.37. The van der Waals surface area contributed by atoms with Gasteiger partial charge in [0.15, 0.2) is 17.2 Å². The van der Waals surface area contributed by atoms with Crippen molar-refractivity contribution in [2.75, 3.05) is 6.26 Å². The van der Waals surface area contributed by atoms with Crippen LogP contribution in [0.4, 0.5) is 23.2 Å². The third-order valence-electron chi connectivity index (χ3n) is 1.93. The Kier molecular flexibility index (Phi) is 5.20. The summed E-state index contributed by atoms with van der Waals surface area (Å²) in [5, 5.41) is 10.5. The van der Waals surface area contributed by atoms with Crippen LogP contribution in [0.1, 0.15) is 5.56 Å². The lowest BCUT2D eigenvalue weighted by Gasteiger charge is -2.11. The molecule has 9 heteroatoms. The molecule has 0 saturated heterocycles. The lowest BCUT2D eigenvalue weighted by Crippen LogP contribution is -2.13. The van der Waals surface area contributed by atoms with Crippen LogP contribution in [0.5, 0.6) is 0 Å². The first-order valence-corrected chi connectivity index (χ1v) is 6.66. The SMILES string of the molecule is CSC(=Nc1ccc(Br)c(C(F)(F)F)c1F)NC#N. The number of nitrogens with zero attached hydrogens (tertiary/aromatic N) is 2. The van der Waals surface area contributed by atoms with Crippen LogP contribution in [0.25, 0.3) is 0 Å². The van der Waals surface area contributed by atoms with E-state index in [2.05, 4.69) is 26.2 Å². The normalized spacial score (nSPS) is 12.2. The summed E-state index contributed by atoms with van der Waals surface area (Å²) in [5.41, 5.74) is -1.92. The fourth-order valence-corrected chi connectivity index (χ4v) is 2.04. The number of nitriles is 1. The van der Waals surface area contributed by atoms with Crippen LogP contribution in [0.2, 0.25) is 0 Å². The van der Waals surface area contributed by atoms with Crippen LogP contribution in [0, 0.1) is 17.3 Å². The van der Waals surface area contributed by atoms with Crippen LogP contribution < -0.4 is 5.32 Å². The monoisotopic (exact) mass is 355 g/mol. The Morgan fingerprint density at radius 1 is 1.47 bits per heavy atom. The van der Waals surface area contributed by atoms with Crippen molar-refractivity contribution in [3.05, 3.63) is 28.0 Å². The van der Waals surface area contributed by atoms with E-state index in [-0.39, 0.29) is 5.17 Å². The molecule has 0 aromatic heterocycles. The number of alkyl halides is 3. The van der Waals surface area contributed by atoms with E-state index in [0.29, 0.717) is 0 Å². The average Bonchev–Trinajstić information content (AvgIpc) is 2.30. The number of benzene rings is 1. The van der Waals surface area contributed by atoms with E-state index in [0.717, 1.165) is 23.9 Å². The van der Waals surface area contributed by atoms with Crippen molar-refractivity contribution in [2.24, 2.45) is 4.99 Å². The van der Waals surface area contributed by atoms with Gasteiger partial charge in [-0.3, -0.25) is 5.32 Å². The van der Waals surface area contributed by atoms with Crippen molar-refractivity contribution >= 4 is 38.5 Å². The maximum absolute atomic E-state index is 13.8. The van der Waals surface area contributed by atoms with Crippen molar-refractivity contribution in [1.82, 2.24) is 5.32 Å². The molecule has 0 atom stereocenters. The molecular formula is C10H6BrF4N3S. The molecule has 0 saturated carbocycles. The van der Waals surface area contributed by atoms with Crippen LogP contribution >= 0.6 is 27.7 Å². The largest absolute Gasteiger partial charge is 0.420 e. The first-order valence-electron chi connectivity index (χ1n) is 4.64. The molecule has 0 aliphatic carbocycles. The molecular weight excluding hydrogens is 350 g/mol. The van der Waals surface area contributed by atoms with Gasteiger partial charge < -0.3 is 0 Å². The highest BCUT2D eigenvalue weighted by molar-refractivity contribution is 9.10. The molecule has 102 valence electrons. The number of aliphatic imine (C=N–C) groups is 1. The summed E-state index contributed by atoms with van der Waals surface area (Å²) in [6.45, 7) is 0. The zero-order chi connectivity index (χ0) is 14.6. The maximum atomic E-state index is 13.8. The molecule has 1 aromatic carbocycles. The van der Waals surface area contributed by atoms with E-state index in [4.69, 9.17) is 5.26 Å². The minimum atomic E-state index is -4.84. The summed E-state index contributed by atoms with van der Waals surface area (Å²) in [7, 11) is 0. The highest BCUT2D eigenvalue weighted by Crippen LogP contribution is 2.39. The van der Waals surface area contributed by atoms with E-state index < -0.39 is 27.7 Å². The van der Waals surface area contributed by atoms with Gasteiger partial charge in [0.25, 0.3) is 0 Å². The number of nitrogens with one attached hydrogen (secondary N) is 1. The third-order valence-corrected chi connectivity index (χ3v) is 3.17. The molecule has 1 rings (SSSR count). The van der Waals surface area contributed by atoms with E-state index in [1.165, 1.54) is 0 Å². The Balaban J connectivity index is 3.37. The quantitative estimate of drug-likeness (QED) is 0.272. The van der Waals surface area contributed by atoms with Crippen molar-refractivity contribution in [2.45, 2.75) is 6.18 Å². The Hall–Kier alpha value is -1.27. The second kappa shape index (κ2) is 6.25. The molecule has 0 spiro atoms. The van der Waals surface area contributed by atoms with E-state index in [1.54, 1.807) is 12.4 Å². The summed E-state index contributed by atoms with van der Waals surface area (Å²) in [4.78, 5) is 3.63. The van der Waals surface area contributed by atoms with Gasteiger partial charge in [0, 0.05) is 4.47 Å². The Morgan fingerprint density at radius 3 is 2.58 bits per heavy atom. The number of hydrogen-bond acceptors (Lipinski definition) is 3. The number of hydrogen-bond donors (Lipinski definition) is 1. The third kappa shape index (κ3) is 3.84.